The van der Waals surface area contributed by atoms with E-state index >= 15 is 0 Å². The van der Waals surface area contributed by atoms with Crippen molar-refractivity contribution < 1.29 is 57.2 Å². The molecule has 7 aromatic rings. The van der Waals surface area contributed by atoms with Crippen molar-refractivity contribution in [2.75, 3.05) is 48.9 Å². The van der Waals surface area contributed by atoms with Crippen LogP contribution in [-0.2, 0) is 80.0 Å². The second-order valence-electron chi connectivity index (χ2n) is 25.4. The molecule has 0 radical (unpaired) electrons. The molecule has 3 atom stereocenters. The van der Waals surface area contributed by atoms with Crippen molar-refractivity contribution in [3.63, 3.8) is 0 Å². The molecule has 7 aromatic carbocycles. The van der Waals surface area contributed by atoms with Crippen LogP contribution >= 0.6 is 0 Å². The quantitative estimate of drug-likeness (QED) is 0.0430. The van der Waals surface area contributed by atoms with Crippen LogP contribution in [0.4, 0.5) is 0 Å². The highest BCUT2D eigenvalue weighted by Crippen LogP contribution is 2.42. The maximum Gasteiger partial charge on any atom is 0.189 e. The maximum atomic E-state index is 10.3. The van der Waals surface area contributed by atoms with Crippen LogP contribution < -0.4 is 23.7 Å². The predicted molar refractivity (Wildman–Crippen MR) is 409 cm³/mol. The molecule has 9 rings (SSSR count). The van der Waals surface area contributed by atoms with Gasteiger partial charge in [0.15, 0.2) is 6.79 Å². The van der Waals surface area contributed by atoms with Gasteiger partial charge in [0.2, 0.25) is 0 Å². The molecule has 1 N–H and O–H groups in total. The summed E-state index contributed by atoms with van der Waals surface area (Å²) in [4.78, 5) is 4.53. The SMILES string of the molecule is C.C.C.C.C.C.CCC(C)c1ccc(OCOC2CCC(COc3ccc(COC)cc3)CC2)cc1.CCC(C)c1ccc(OCc2cc(COC)c(O)c(COC)c2)cc1.CCC(C)c1ccc(Oc2ccc(Oc3c(COC)cc(C(C)(C)C)cc3COC)c3c2C=NC3)cc1. The Hall–Kier alpha value is -7.23. The Morgan fingerprint density at radius 3 is 1.35 bits per heavy atom. The second kappa shape index (κ2) is 45.4. The molecule has 544 valence electrons. The number of nitrogens with zero attached hydrogens (tertiary/aromatic N) is 1. The van der Waals surface area contributed by atoms with Crippen LogP contribution in [0.25, 0.3) is 0 Å². The first-order valence-electron chi connectivity index (χ1n) is 32.9. The molecular formula is C85H127NO12. The van der Waals surface area contributed by atoms with E-state index in [0.717, 1.165) is 136 Å². The largest absolute Gasteiger partial charge is 0.507 e. The number of hydrogen-bond donors (Lipinski definition) is 1. The summed E-state index contributed by atoms with van der Waals surface area (Å²) < 4.78 is 63.1. The van der Waals surface area contributed by atoms with E-state index in [1.54, 1.807) is 35.5 Å². The average Bonchev–Trinajstić information content (AvgIpc) is 1.36. The summed E-state index contributed by atoms with van der Waals surface area (Å²) in [6, 6.07) is 45.3. The second-order valence-corrected chi connectivity index (χ2v) is 25.4. The lowest BCUT2D eigenvalue weighted by Crippen LogP contribution is -2.26. The summed E-state index contributed by atoms with van der Waals surface area (Å²) in [5.41, 5.74) is 12.8. The van der Waals surface area contributed by atoms with Crippen LogP contribution in [0, 0.1) is 5.92 Å². The van der Waals surface area contributed by atoms with Gasteiger partial charge in [0.05, 0.1) is 52.3 Å². The van der Waals surface area contributed by atoms with Gasteiger partial charge in [-0.25, -0.2) is 0 Å². The Balaban J connectivity index is 0.000000726. The summed E-state index contributed by atoms with van der Waals surface area (Å²) in [7, 11) is 8.34. The first-order valence-corrected chi connectivity index (χ1v) is 32.9. The van der Waals surface area contributed by atoms with E-state index in [-0.39, 0.29) is 61.8 Å². The van der Waals surface area contributed by atoms with Crippen molar-refractivity contribution in [3.05, 3.63) is 200 Å². The van der Waals surface area contributed by atoms with Crippen LogP contribution in [-0.4, -0.2) is 66.4 Å². The molecule has 1 aliphatic heterocycles. The number of fused-ring (bicyclic) bond motifs is 1. The molecule has 3 unspecified atom stereocenters. The van der Waals surface area contributed by atoms with Crippen LogP contribution in [0.2, 0.25) is 0 Å². The summed E-state index contributed by atoms with van der Waals surface area (Å²) in [6.07, 6.45) is 9.95. The van der Waals surface area contributed by atoms with Gasteiger partial charge in [0, 0.05) is 75.1 Å². The fraction of sp³-hybridized carbons (Fsp3) is 0.494. The summed E-state index contributed by atoms with van der Waals surface area (Å²) in [5, 5.41) is 10.3. The van der Waals surface area contributed by atoms with Crippen molar-refractivity contribution in [1.29, 1.82) is 0 Å². The van der Waals surface area contributed by atoms with Crippen LogP contribution in [0.3, 0.4) is 0 Å². The van der Waals surface area contributed by atoms with Crippen molar-refractivity contribution in [2.45, 2.75) is 227 Å². The van der Waals surface area contributed by atoms with Crippen molar-refractivity contribution in [1.82, 2.24) is 0 Å². The van der Waals surface area contributed by atoms with Gasteiger partial charge in [-0.05, 0) is 192 Å². The monoisotopic (exact) mass is 1350 g/mol. The number of aromatic hydroxyl groups is 1. The minimum Gasteiger partial charge on any atom is -0.507 e. The first-order chi connectivity index (χ1) is 44.5. The molecule has 0 amide bonds. The van der Waals surface area contributed by atoms with Crippen LogP contribution in [0.5, 0.6) is 46.0 Å². The van der Waals surface area contributed by atoms with Gasteiger partial charge >= 0.3 is 0 Å². The van der Waals surface area contributed by atoms with Gasteiger partial charge in [-0.3, -0.25) is 4.99 Å². The van der Waals surface area contributed by atoms with E-state index in [9.17, 15) is 5.11 Å². The number of phenolic OH excluding ortho intramolecular Hbond substituents is 1. The topological polar surface area (TPSA) is 134 Å². The molecule has 13 nitrogen and oxygen atoms in total. The smallest absolute Gasteiger partial charge is 0.189 e. The molecule has 1 fully saturated rings. The third kappa shape index (κ3) is 26.5. The Bertz CT molecular complexity index is 3280. The molecule has 0 spiro atoms. The molecular weight excluding hydrogens is 1230 g/mol. The van der Waals surface area contributed by atoms with E-state index in [2.05, 4.69) is 128 Å². The summed E-state index contributed by atoms with van der Waals surface area (Å²) >= 11 is 0. The van der Waals surface area contributed by atoms with E-state index < -0.39 is 0 Å². The lowest BCUT2D eigenvalue weighted by atomic mass is 9.84. The van der Waals surface area contributed by atoms with Crippen molar-refractivity contribution in [3.8, 4) is 46.0 Å². The Morgan fingerprint density at radius 1 is 0.459 bits per heavy atom. The first kappa shape index (κ1) is 88.8. The number of hydrogen-bond acceptors (Lipinski definition) is 13. The van der Waals surface area contributed by atoms with E-state index in [4.69, 9.17) is 52.1 Å². The molecule has 1 aliphatic carbocycles. The van der Waals surface area contributed by atoms with Gasteiger partial charge in [-0.15, -0.1) is 0 Å². The van der Waals surface area contributed by atoms with Crippen LogP contribution in [0.1, 0.15) is 236 Å². The highest BCUT2D eigenvalue weighted by atomic mass is 16.7. The fourth-order valence-electron chi connectivity index (χ4n) is 11.1. The average molecular weight is 1350 g/mol. The number of rotatable bonds is 30. The number of ether oxygens (including phenoxy) is 11. The third-order valence-electron chi connectivity index (χ3n) is 17.5. The zero-order valence-corrected chi connectivity index (χ0v) is 57.4. The van der Waals surface area contributed by atoms with E-state index in [1.165, 1.54) is 22.3 Å². The predicted octanol–water partition coefficient (Wildman–Crippen LogP) is 23.2. The highest BCUT2D eigenvalue weighted by Gasteiger charge is 2.25. The van der Waals surface area contributed by atoms with Gasteiger partial charge < -0.3 is 57.2 Å². The molecule has 1 saturated carbocycles. The standard InChI is InChI=1S/C32H39NO4.C26H36O4.C21H28O4.6CH4/c1-8-21(2)22-9-11-26(12-10-22)36-29-13-14-30(28-18-33-17-27(28)29)37-31-23(19-34-6)15-25(32(3,4)5)16-24(31)20-35-7;1-4-20(2)23-9-15-26(16-10-23)30-19-29-25-13-7-22(8-14-25)18-28-24-11-5-21(6-12-24)17-27-3;1-5-15(2)17-6-8-20(9-7-17)25-12-16-10-18(13-23-3)21(22)19(11-16)14-24-4;;;;;;/h9-17,21H,8,18-20H2,1-7H3;5-6,9-12,15-16,20,22,25H,4,7-8,13-14,17-19H2,1-3H3;6-11,15,22H,5,12-14H2,1-4H3;6*1H4. The minimum absolute atomic E-state index is 0. The molecule has 2 aliphatic rings. The summed E-state index contributed by atoms with van der Waals surface area (Å²) in [5.74, 6) is 8.27. The van der Waals surface area contributed by atoms with Gasteiger partial charge in [-0.1, -0.05) is 155 Å². The number of methoxy groups -OCH3 is 5. The Morgan fingerprint density at radius 2 is 0.888 bits per heavy atom. The van der Waals surface area contributed by atoms with Gasteiger partial charge in [0.25, 0.3) is 0 Å². The van der Waals surface area contributed by atoms with E-state index in [0.29, 0.717) is 76.7 Å². The Kier molecular flexibility index (Phi) is 41.2. The fourth-order valence-corrected chi connectivity index (χ4v) is 11.1. The molecule has 98 heavy (non-hydrogen) atoms. The zero-order valence-electron chi connectivity index (χ0n) is 57.4. The van der Waals surface area contributed by atoms with Gasteiger partial charge in [-0.2, -0.15) is 0 Å². The lowest BCUT2D eigenvalue weighted by molar-refractivity contribution is -0.0568. The molecule has 13 heteroatoms. The number of aliphatic imine (C=N–C) groups is 1. The highest BCUT2D eigenvalue weighted by molar-refractivity contribution is 5.89. The number of phenols is 1. The molecule has 0 saturated heterocycles. The maximum absolute atomic E-state index is 10.3. The minimum atomic E-state index is -0.00955. The van der Waals surface area contributed by atoms with Crippen molar-refractivity contribution >= 4 is 6.21 Å². The lowest BCUT2D eigenvalue weighted by Gasteiger charge is -2.28. The van der Waals surface area contributed by atoms with Crippen molar-refractivity contribution in [2.24, 2.45) is 10.9 Å². The zero-order chi connectivity index (χ0) is 66.0. The van der Waals surface area contributed by atoms with Crippen LogP contribution in [0.15, 0.2) is 138 Å². The summed E-state index contributed by atoms with van der Waals surface area (Å²) in [6.45, 7) is 24.2. The molecule has 1 heterocycles. The molecule has 0 bridgehead atoms. The normalized spacial score (nSPS) is 14.3. The number of benzene rings is 7. The Labute approximate surface area is 593 Å². The van der Waals surface area contributed by atoms with E-state index in [1.807, 2.05) is 79.0 Å². The third-order valence-corrected chi connectivity index (χ3v) is 17.5. The molecule has 0 aromatic heterocycles. The van der Waals surface area contributed by atoms with Gasteiger partial charge in [0.1, 0.15) is 52.6 Å².